The number of amides is 2. The van der Waals surface area contributed by atoms with Crippen LogP contribution in [0.3, 0.4) is 0 Å². The van der Waals surface area contributed by atoms with E-state index in [-0.39, 0.29) is 0 Å². The molecule has 0 aromatic heterocycles. The second-order valence-corrected chi connectivity index (χ2v) is 5.23. The largest absolute Gasteiger partial charge is 0.493 e. The zero-order valence-electron chi connectivity index (χ0n) is 16.1. The molecule has 9 heteroatoms. The molecule has 28 heavy (non-hydrogen) atoms. The molecule has 0 saturated carbocycles. The van der Waals surface area contributed by atoms with Crippen LogP contribution in [0, 0.1) is 0 Å². The van der Waals surface area contributed by atoms with E-state index in [4.69, 9.17) is 18.9 Å². The van der Waals surface area contributed by atoms with Gasteiger partial charge >= 0.3 is 6.03 Å². The first-order chi connectivity index (χ1) is 13.6. The molecular weight excluding hydrogens is 364 g/mol. The van der Waals surface area contributed by atoms with Crippen LogP contribution in [0.25, 0.3) is 0 Å². The molecule has 2 N–H and O–H groups in total. The molecule has 2 rings (SSSR count). The van der Waals surface area contributed by atoms with E-state index in [9.17, 15) is 4.79 Å². The fraction of sp³-hybridized carbons (Fsp3) is 0.211. The minimum Gasteiger partial charge on any atom is -0.493 e. The summed E-state index contributed by atoms with van der Waals surface area (Å²) in [6, 6.07) is 10.0. The Morgan fingerprint density at radius 2 is 1.18 bits per heavy atom. The average molecular weight is 386 g/mol. The molecule has 0 bridgehead atoms. The van der Waals surface area contributed by atoms with Crippen molar-refractivity contribution < 1.29 is 23.7 Å². The van der Waals surface area contributed by atoms with E-state index in [0.717, 1.165) is 0 Å². The van der Waals surface area contributed by atoms with Crippen LogP contribution in [-0.2, 0) is 0 Å². The van der Waals surface area contributed by atoms with E-state index < -0.39 is 6.03 Å². The summed E-state index contributed by atoms with van der Waals surface area (Å²) >= 11 is 0. The Hall–Kier alpha value is -3.75. The number of hydrogen-bond donors (Lipinski definition) is 2. The third-order valence-electron chi connectivity index (χ3n) is 3.61. The maximum absolute atomic E-state index is 11.8. The summed E-state index contributed by atoms with van der Waals surface area (Å²) in [5, 5.41) is 7.74. The highest BCUT2D eigenvalue weighted by Gasteiger charge is 2.08. The van der Waals surface area contributed by atoms with Gasteiger partial charge in [0, 0.05) is 11.1 Å². The molecule has 2 amide bonds. The van der Waals surface area contributed by atoms with Gasteiger partial charge in [0.15, 0.2) is 23.0 Å². The molecule has 0 spiro atoms. The number of para-hydroxylation sites is 2. The molecule has 0 fully saturated rings. The Balaban J connectivity index is 1.97. The minimum atomic E-state index is -0.615. The van der Waals surface area contributed by atoms with Gasteiger partial charge in [0.25, 0.3) is 0 Å². The SMILES string of the molecule is COc1cccc(/C=N\NC(=O)N/N=C/c2cccc(OC)c2OC)c1OC. The Bertz CT molecular complexity index is 798. The van der Waals surface area contributed by atoms with Gasteiger partial charge in [0.05, 0.1) is 40.9 Å². The predicted molar refractivity (Wildman–Crippen MR) is 106 cm³/mol. The number of ether oxygens (including phenoxy) is 4. The van der Waals surface area contributed by atoms with Gasteiger partial charge in [0.2, 0.25) is 0 Å². The highest BCUT2D eigenvalue weighted by molar-refractivity contribution is 5.87. The second-order valence-electron chi connectivity index (χ2n) is 5.23. The number of rotatable bonds is 8. The number of hydrogen-bond acceptors (Lipinski definition) is 7. The molecule has 2 aromatic carbocycles. The zero-order valence-corrected chi connectivity index (χ0v) is 16.1. The molecule has 0 radical (unpaired) electrons. The van der Waals surface area contributed by atoms with Crippen LogP contribution >= 0.6 is 0 Å². The van der Waals surface area contributed by atoms with Crippen molar-refractivity contribution in [3.05, 3.63) is 47.5 Å². The van der Waals surface area contributed by atoms with Crippen LogP contribution < -0.4 is 29.8 Å². The maximum Gasteiger partial charge on any atom is 0.355 e. The van der Waals surface area contributed by atoms with E-state index in [2.05, 4.69) is 21.1 Å². The van der Waals surface area contributed by atoms with Gasteiger partial charge < -0.3 is 18.9 Å². The average Bonchev–Trinajstić information content (AvgIpc) is 2.73. The van der Waals surface area contributed by atoms with E-state index in [1.165, 1.54) is 26.6 Å². The highest BCUT2D eigenvalue weighted by atomic mass is 16.5. The van der Waals surface area contributed by atoms with Crippen molar-refractivity contribution in [2.75, 3.05) is 28.4 Å². The minimum absolute atomic E-state index is 0.513. The molecule has 0 atom stereocenters. The number of urea groups is 1. The van der Waals surface area contributed by atoms with Crippen LogP contribution in [0.15, 0.2) is 46.6 Å². The van der Waals surface area contributed by atoms with Gasteiger partial charge in [-0.25, -0.2) is 15.6 Å². The summed E-state index contributed by atoms with van der Waals surface area (Å²) < 4.78 is 21.0. The van der Waals surface area contributed by atoms with Crippen molar-refractivity contribution in [2.45, 2.75) is 0 Å². The van der Waals surface area contributed by atoms with Crippen molar-refractivity contribution >= 4 is 18.5 Å². The van der Waals surface area contributed by atoms with Crippen LogP contribution in [0.2, 0.25) is 0 Å². The molecule has 0 aliphatic rings. The monoisotopic (exact) mass is 386 g/mol. The molecule has 2 aromatic rings. The molecule has 0 unspecified atom stereocenters. The quantitative estimate of drug-likeness (QED) is 0.536. The lowest BCUT2D eigenvalue weighted by atomic mass is 10.2. The van der Waals surface area contributed by atoms with Gasteiger partial charge in [0.1, 0.15) is 0 Å². The van der Waals surface area contributed by atoms with Crippen LogP contribution in [0.5, 0.6) is 23.0 Å². The lowest BCUT2D eigenvalue weighted by Gasteiger charge is -2.09. The Morgan fingerprint density at radius 3 is 1.54 bits per heavy atom. The van der Waals surface area contributed by atoms with Crippen molar-refractivity contribution in [3.8, 4) is 23.0 Å². The van der Waals surface area contributed by atoms with E-state index >= 15 is 0 Å². The third-order valence-corrected chi connectivity index (χ3v) is 3.61. The number of carbonyl (C=O) groups excluding carboxylic acids is 1. The zero-order chi connectivity index (χ0) is 20.4. The summed E-state index contributed by atoms with van der Waals surface area (Å²) in [7, 11) is 6.13. The van der Waals surface area contributed by atoms with Crippen LogP contribution in [0.1, 0.15) is 11.1 Å². The highest BCUT2D eigenvalue weighted by Crippen LogP contribution is 2.30. The molecule has 0 aliphatic heterocycles. The molecule has 148 valence electrons. The summed E-state index contributed by atoms with van der Waals surface area (Å²) in [5.74, 6) is 2.15. The number of nitrogens with zero attached hydrogens (tertiary/aromatic N) is 2. The first kappa shape index (κ1) is 20.6. The van der Waals surface area contributed by atoms with Crippen molar-refractivity contribution in [3.63, 3.8) is 0 Å². The first-order valence-corrected chi connectivity index (χ1v) is 8.18. The summed E-state index contributed by atoms with van der Waals surface area (Å²) in [5.41, 5.74) is 5.91. The number of carbonyl (C=O) groups is 1. The third kappa shape index (κ3) is 5.13. The summed E-state index contributed by atoms with van der Waals surface area (Å²) in [6.45, 7) is 0. The van der Waals surface area contributed by atoms with Crippen LogP contribution in [-0.4, -0.2) is 46.9 Å². The predicted octanol–water partition coefficient (Wildman–Crippen LogP) is 2.39. The number of methoxy groups -OCH3 is 4. The van der Waals surface area contributed by atoms with Crippen molar-refractivity contribution in [2.24, 2.45) is 10.2 Å². The fourth-order valence-corrected chi connectivity index (χ4v) is 2.37. The molecule has 0 heterocycles. The smallest absolute Gasteiger partial charge is 0.355 e. The van der Waals surface area contributed by atoms with Gasteiger partial charge in [-0.3, -0.25) is 0 Å². The Kier molecular flexibility index (Phi) is 7.64. The van der Waals surface area contributed by atoms with Gasteiger partial charge in [-0.1, -0.05) is 12.1 Å². The van der Waals surface area contributed by atoms with E-state index in [1.807, 2.05) is 0 Å². The number of benzene rings is 2. The number of hydrazone groups is 2. The fourth-order valence-electron chi connectivity index (χ4n) is 2.37. The van der Waals surface area contributed by atoms with E-state index in [0.29, 0.717) is 34.1 Å². The Labute approximate surface area is 162 Å². The lowest BCUT2D eigenvalue weighted by molar-refractivity contribution is 0.242. The maximum atomic E-state index is 11.8. The van der Waals surface area contributed by atoms with Gasteiger partial charge in [-0.2, -0.15) is 10.2 Å². The first-order valence-electron chi connectivity index (χ1n) is 8.18. The molecular formula is C19H22N4O5. The number of nitrogens with one attached hydrogen (secondary N) is 2. The topological polar surface area (TPSA) is 103 Å². The normalized spacial score (nSPS) is 10.7. The Morgan fingerprint density at radius 1 is 0.750 bits per heavy atom. The second kappa shape index (κ2) is 10.4. The summed E-state index contributed by atoms with van der Waals surface area (Å²) in [4.78, 5) is 11.8. The molecule has 9 nitrogen and oxygen atoms in total. The van der Waals surface area contributed by atoms with E-state index in [1.54, 1.807) is 50.6 Å². The van der Waals surface area contributed by atoms with Gasteiger partial charge in [-0.15, -0.1) is 0 Å². The van der Waals surface area contributed by atoms with Crippen molar-refractivity contribution in [1.82, 2.24) is 10.9 Å². The lowest BCUT2D eigenvalue weighted by Crippen LogP contribution is -2.28. The van der Waals surface area contributed by atoms with Crippen molar-refractivity contribution in [1.29, 1.82) is 0 Å². The molecule has 0 aliphatic carbocycles. The standard InChI is InChI=1S/C19H22N4O5/c1-25-15-9-5-7-13(17(15)27-3)11-20-22-19(24)23-21-12-14-8-6-10-16(26-2)18(14)28-4/h5-12H,1-4H3,(H2,22,23,24)/b20-11-,21-12+. The van der Waals surface area contributed by atoms with Crippen LogP contribution in [0.4, 0.5) is 4.79 Å². The van der Waals surface area contributed by atoms with Gasteiger partial charge in [-0.05, 0) is 24.3 Å². The molecule has 0 saturated heterocycles. The summed E-state index contributed by atoms with van der Waals surface area (Å²) in [6.07, 6.45) is 2.88.